The zero-order valence-electron chi connectivity index (χ0n) is 28.2. The number of amides is 1. The minimum atomic E-state index is -2.44. The maximum Gasteiger partial charge on any atom is 0.339 e. The average molecular weight is 695 g/mol. The lowest BCUT2D eigenvalue weighted by Crippen LogP contribution is -2.44. The first-order valence-electron chi connectivity index (χ1n) is 15.0. The number of nitro groups is 1. The molecule has 260 valence electrons. The molecule has 0 heterocycles. The molecule has 0 radical (unpaired) electrons. The lowest BCUT2D eigenvalue weighted by molar-refractivity contribution is -0.384. The molecule has 0 aliphatic carbocycles. The number of hydrogen-bond acceptors (Lipinski definition) is 12. The Bertz CT molecular complexity index is 1410. The SMILES string of the molecule is COC(=O)[C@@H](CSCc1c(O[Si](C)(C)C(C)(C)C)cc(OC)c(C)c1C(=O)OCc1ccc([N+](=O)[O-])cc1)NC(=O)CC[C@@H](O)CO. The van der Waals surface area contributed by atoms with E-state index in [0.717, 1.165) is 0 Å². The molecule has 0 unspecified atom stereocenters. The third-order valence-corrected chi connectivity index (χ3v) is 13.4. The fraction of sp³-hybridized carbons (Fsp3) is 0.531. The van der Waals surface area contributed by atoms with Gasteiger partial charge in [0.1, 0.15) is 24.1 Å². The molecule has 0 spiro atoms. The number of carbonyl (C=O) groups excluding carboxylic acids is 3. The third kappa shape index (κ3) is 11.2. The number of nitro benzene ring substituents is 1. The molecular weight excluding hydrogens is 649 g/mol. The van der Waals surface area contributed by atoms with Gasteiger partial charge < -0.3 is 34.2 Å². The highest BCUT2D eigenvalue weighted by molar-refractivity contribution is 7.98. The molecule has 15 heteroatoms. The average Bonchev–Trinajstić information content (AvgIpc) is 3.02. The molecule has 0 saturated heterocycles. The van der Waals surface area contributed by atoms with E-state index in [2.05, 4.69) is 39.2 Å². The number of methoxy groups -OCH3 is 2. The molecule has 47 heavy (non-hydrogen) atoms. The van der Waals surface area contributed by atoms with E-state index in [1.54, 1.807) is 13.0 Å². The molecular formula is C32H46N2O11SSi. The Balaban J connectivity index is 2.46. The van der Waals surface area contributed by atoms with Crippen molar-refractivity contribution < 1.29 is 48.2 Å². The summed E-state index contributed by atoms with van der Waals surface area (Å²) in [6.07, 6.45) is -1.14. The first-order valence-corrected chi connectivity index (χ1v) is 19.1. The van der Waals surface area contributed by atoms with Gasteiger partial charge in [-0.25, -0.2) is 9.59 Å². The van der Waals surface area contributed by atoms with Gasteiger partial charge in [-0.3, -0.25) is 14.9 Å². The first-order chi connectivity index (χ1) is 21.9. The Morgan fingerprint density at radius 3 is 2.28 bits per heavy atom. The molecule has 3 N–H and O–H groups in total. The van der Waals surface area contributed by atoms with Crippen molar-refractivity contribution in [1.29, 1.82) is 0 Å². The number of carbonyl (C=O) groups is 3. The van der Waals surface area contributed by atoms with Crippen molar-refractivity contribution in [3.8, 4) is 11.5 Å². The van der Waals surface area contributed by atoms with Crippen LogP contribution >= 0.6 is 11.8 Å². The number of ether oxygens (including phenoxy) is 3. The Labute approximate surface area is 280 Å². The highest BCUT2D eigenvalue weighted by Crippen LogP contribution is 2.42. The second-order valence-corrected chi connectivity index (χ2v) is 18.2. The van der Waals surface area contributed by atoms with Gasteiger partial charge in [0, 0.05) is 47.3 Å². The summed E-state index contributed by atoms with van der Waals surface area (Å²) in [5.74, 6) is -0.696. The normalized spacial score (nSPS) is 12.9. The Hall–Kier alpha value is -3.66. The molecule has 0 bridgehead atoms. The number of nitrogens with one attached hydrogen (secondary N) is 1. The minimum Gasteiger partial charge on any atom is -0.543 e. The molecule has 0 fully saturated rings. The Morgan fingerprint density at radius 1 is 1.11 bits per heavy atom. The monoisotopic (exact) mass is 694 g/mol. The van der Waals surface area contributed by atoms with Crippen LogP contribution in [0.4, 0.5) is 5.69 Å². The van der Waals surface area contributed by atoms with Crippen molar-refractivity contribution >= 4 is 43.6 Å². The van der Waals surface area contributed by atoms with E-state index in [-0.39, 0.29) is 47.2 Å². The van der Waals surface area contributed by atoms with Gasteiger partial charge in [-0.1, -0.05) is 20.8 Å². The summed E-state index contributed by atoms with van der Waals surface area (Å²) in [7, 11) is 0.252. The molecule has 2 rings (SSSR count). The minimum absolute atomic E-state index is 0.0218. The highest BCUT2D eigenvalue weighted by atomic mass is 32.2. The van der Waals surface area contributed by atoms with E-state index in [1.165, 1.54) is 50.2 Å². The van der Waals surface area contributed by atoms with Crippen molar-refractivity contribution in [2.45, 2.75) is 83.2 Å². The van der Waals surface area contributed by atoms with Crippen molar-refractivity contribution in [3.05, 3.63) is 62.7 Å². The third-order valence-electron chi connectivity index (χ3n) is 7.99. The van der Waals surface area contributed by atoms with Crippen molar-refractivity contribution in [3.63, 3.8) is 0 Å². The van der Waals surface area contributed by atoms with Gasteiger partial charge in [-0.2, -0.15) is 11.8 Å². The van der Waals surface area contributed by atoms with Crippen LogP contribution in [-0.2, 0) is 31.4 Å². The lowest BCUT2D eigenvalue weighted by atomic mass is 10.0. The number of esters is 2. The van der Waals surface area contributed by atoms with Crippen molar-refractivity contribution in [2.75, 3.05) is 26.6 Å². The summed E-state index contributed by atoms with van der Waals surface area (Å²) in [5.41, 5.74) is 1.73. The number of benzene rings is 2. The fourth-order valence-electron chi connectivity index (χ4n) is 4.12. The van der Waals surface area contributed by atoms with Crippen LogP contribution in [0.1, 0.15) is 60.7 Å². The summed E-state index contributed by atoms with van der Waals surface area (Å²) < 4.78 is 22.9. The summed E-state index contributed by atoms with van der Waals surface area (Å²) in [6, 6.07) is 6.41. The maximum atomic E-state index is 13.8. The second kappa shape index (κ2) is 17.5. The van der Waals surface area contributed by atoms with E-state index in [0.29, 0.717) is 28.2 Å². The second-order valence-electron chi connectivity index (χ2n) is 12.5. The highest BCUT2D eigenvalue weighted by Gasteiger charge is 2.40. The molecule has 13 nitrogen and oxygen atoms in total. The molecule has 1 amide bonds. The van der Waals surface area contributed by atoms with Crippen molar-refractivity contribution in [2.24, 2.45) is 0 Å². The number of hydrogen-bond donors (Lipinski definition) is 3. The van der Waals surface area contributed by atoms with Gasteiger partial charge in [0.15, 0.2) is 0 Å². The van der Waals surface area contributed by atoms with Crippen LogP contribution in [0, 0.1) is 17.0 Å². The molecule has 2 aromatic rings. The van der Waals surface area contributed by atoms with E-state index in [4.69, 9.17) is 23.7 Å². The largest absolute Gasteiger partial charge is 0.543 e. The number of aliphatic hydroxyl groups excluding tert-OH is 2. The standard InChI is InChI=1S/C32H46N2O11SSi/c1-20-26(42-5)15-27(45-47(7,8)32(2,3)4)24(29(20)31(39)44-17-21-9-11-22(12-10-21)34(40)41)18-46-19-25(30(38)43-6)33-28(37)14-13-23(36)16-35/h9-12,15,23,25,35-36H,13-14,16-19H2,1-8H3,(H,33,37)/t23-,25-/m1/s1. The molecule has 0 saturated carbocycles. The fourth-order valence-corrected chi connectivity index (χ4v) is 6.22. The molecule has 2 atom stereocenters. The molecule has 0 aromatic heterocycles. The smallest absolute Gasteiger partial charge is 0.339 e. The summed E-state index contributed by atoms with van der Waals surface area (Å²) in [6.45, 7) is 11.5. The van der Waals surface area contributed by atoms with Gasteiger partial charge in [0.05, 0.1) is 37.4 Å². The van der Waals surface area contributed by atoms with Crippen LogP contribution in [0.25, 0.3) is 0 Å². The van der Waals surface area contributed by atoms with E-state index in [9.17, 15) is 29.6 Å². The van der Waals surface area contributed by atoms with Gasteiger partial charge in [0.2, 0.25) is 14.2 Å². The van der Waals surface area contributed by atoms with Crippen LogP contribution in [0.5, 0.6) is 11.5 Å². The van der Waals surface area contributed by atoms with E-state index >= 15 is 0 Å². The number of aliphatic hydroxyl groups is 2. The Kier molecular flexibility index (Phi) is 14.7. The summed E-state index contributed by atoms with van der Waals surface area (Å²) in [5, 5.41) is 32.1. The number of non-ortho nitro benzene ring substituents is 1. The van der Waals surface area contributed by atoms with Crippen LogP contribution in [-0.4, -0.2) is 80.0 Å². The quantitative estimate of drug-likeness (QED) is 0.0901. The van der Waals surface area contributed by atoms with Crippen LogP contribution < -0.4 is 14.5 Å². The van der Waals surface area contributed by atoms with Crippen LogP contribution in [0.15, 0.2) is 30.3 Å². The maximum absolute atomic E-state index is 13.8. The summed E-state index contributed by atoms with van der Waals surface area (Å²) in [4.78, 5) is 49.3. The van der Waals surface area contributed by atoms with Gasteiger partial charge in [0.25, 0.3) is 5.69 Å². The lowest BCUT2D eigenvalue weighted by Gasteiger charge is -2.37. The van der Waals surface area contributed by atoms with Gasteiger partial charge in [-0.15, -0.1) is 0 Å². The van der Waals surface area contributed by atoms with Gasteiger partial charge in [-0.05, 0) is 49.2 Å². The Morgan fingerprint density at radius 2 is 1.74 bits per heavy atom. The zero-order valence-corrected chi connectivity index (χ0v) is 30.0. The van der Waals surface area contributed by atoms with E-state index < -0.39 is 49.8 Å². The van der Waals surface area contributed by atoms with Crippen LogP contribution in [0.2, 0.25) is 18.1 Å². The van der Waals surface area contributed by atoms with Crippen LogP contribution in [0.3, 0.4) is 0 Å². The first kappa shape index (κ1) is 39.5. The zero-order chi connectivity index (χ0) is 35.5. The molecule has 0 aliphatic rings. The molecule has 2 aromatic carbocycles. The predicted octanol–water partition coefficient (Wildman–Crippen LogP) is 4.68. The van der Waals surface area contributed by atoms with Crippen molar-refractivity contribution in [1.82, 2.24) is 5.32 Å². The predicted molar refractivity (Wildman–Crippen MR) is 180 cm³/mol. The van der Waals surface area contributed by atoms with E-state index in [1.807, 2.05) is 0 Å². The topological polar surface area (TPSA) is 184 Å². The summed E-state index contributed by atoms with van der Waals surface area (Å²) >= 11 is 1.27. The number of thioether (sulfide) groups is 1. The van der Waals surface area contributed by atoms with Gasteiger partial charge >= 0.3 is 11.9 Å². The number of rotatable bonds is 17. The number of nitrogens with zero attached hydrogens (tertiary/aromatic N) is 1. The molecule has 0 aliphatic heterocycles.